The van der Waals surface area contributed by atoms with Gasteiger partial charge in [-0.1, -0.05) is 58.3 Å². The maximum Gasteiger partial charge on any atom is 0.0153 e. The minimum Gasteiger partial charge on any atom is -0.312 e. The molecule has 16 heavy (non-hydrogen) atoms. The highest BCUT2D eigenvalue weighted by Crippen LogP contribution is 2.27. The molecule has 0 aromatic carbocycles. The van der Waals surface area contributed by atoms with E-state index in [0.29, 0.717) is 5.54 Å². The zero-order valence-corrected chi connectivity index (χ0v) is 11.5. The second-order valence-electron chi connectivity index (χ2n) is 5.82. The van der Waals surface area contributed by atoms with Crippen LogP contribution in [0.5, 0.6) is 0 Å². The lowest BCUT2D eigenvalue weighted by molar-refractivity contribution is 0.253. The van der Waals surface area contributed by atoms with E-state index in [0.717, 1.165) is 0 Å². The summed E-state index contributed by atoms with van der Waals surface area (Å²) in [6.07, 6.45) is 15.5. The molecular weight excluding hydrogens is 194 g/mol. The van der Waals surface area contributed by atoms with E-state index in [4.69, 9.17) is 0 Å². The highest BCUT2D eigenvalue weighted by Gasteiger charge is 2.25. The topological polar surface area (TPSA) is 12.0 Å². The normalized spacial score (nSPS) is 19.9. The van der Waals surface area contributed by atoms with Gasteiger partial charge in [-0.3, -0.25) is 0 Å². The van der Waals surface area contributed by atoms with E-state index in [1.807, 2.05) is 0 Å². The van der Waals surface area contributed by atoms with Crippen molar-refractivity contribution in [3.8, 4) is 0 Å². The summed E-state index contributed by atoms with van der Waals surface area (Å²) in [5.41, 5.74) is 0.474. The van der Waals surface area contributed by atoms with Crippen molar-refractivity contribution in [1.29, 1.82) is 0 Å². The molecule has 1 rings (SSSR count). The second-order valence-corrected chi connectivity index (χ2v) is 5.82. The summed E-state index contributed by atoms with van der Waals surface area (Å²) in [6, 6.07) is 0. The van der Waals surface area contributed by atoms with Crippen molar-refractivity contribution in [3.63, 3.8) is 0 Å². The maximum atomic E-state index is 3.79. The maximum absolute atomic E-state index is 3.79. The summed E-state index contributed by atoms with van der Waals surface area (Å²) in [6.45, 7) is 5.94. The molecule has 1 N–H and O–H groups in total. The van der Waals surface area contributed by atoms with Crippen LogP contribution in [0, 0.1) is 0 Å². The van der Waals surface area contributed by atoms with E-state index < -0.39 is 0 Å². The Morgan fingerprint density at radius 1 is 0.875 bits per heavy atom. The fraction of sp³-hybridized carbons (Fsp3) is 1.00. The molecular formula is C15H31N. The Bertz CT molecular complexity index is 159. The van der Waals surface area contributed by atoms with Crippen molar-refractivity contribution in [2.75, 3.05) is 6.54 Å². The zero-order valence-electron chi connectivity index (χ0n) is 11.5. The molecule has 0 unspecified atom stereocenters. The third-order valence-electron chi connectivity index (χ3n) is 4.04. The van der Waals surface area contributed by atoms with Crippen LogP contribution in [0.25, 0.3) is 0 Å². The molecule has 1 nitrogen and oxygen atoms in total. The smallest absolute Gasteiger partial charge is 0.0153 e. The van der Waals surface area contributed by atoms with E-state index in [1.165, 1.54) is 77.2 Å². The molecule has 0 heterocycles. The summed E-state index contributed by atoms with van der Waals surface area (Å²) >= 11 is 0. The van der Waals surface area contributed by atoms with E-state index in [2.05, 4.69) is 19.2 Å². The van der Waals surface area contributed by atoms with Crippen LogP contribution in [0.1, 0.15) is 84.5 Å². The molecule has 0 atom stereocenters. The van der Waals surface area contributed by atoms with E-state index in [9.17, 15) is 0 Å². The standard InChI is InChI=1S/C15H31N/c1-3-4-5-6-7-11-14-16-15(2)12-9-8-10-13-15/h16H,3-14H2,1-2H3. The third-order valence-corrected chi connectivity index (χ3v) is 4.04. The molecule has 1 saturated carbocycles. The lowest BCUT2D eigenvalue weighted by atomic mass is 9.83. The average Bonchev–Trinajstić information content (AvgIpc) is 2.29. The molecule has 1 aliphatic carbocycles. The minimum atomic E-state index is 0.474. The van der Waals surface area contributed by atoms with Gasteiger partial charge in [0.25, 0.3) is 0 Å². The third kappa shape index (κ3) is 5.89. The Morgan fingerprint density at radius 2 is 1.50 bits per heavy atom. The van der Waals surface area contributed by atoms with Crippen LogP contribution < -0.4 is 5.32 Å². The predicted octanol–water partition coefficient (Wildman–Crippen LogP) is 4.66. The minimum absolute atomic E-state index is 0.474. The van der Waals surface area contributed by atoms with Gasteiger partial charge < -0.3 is 5.32 Å². The van der Waals surface area contributed by atoms with Gasteiger partial charge >= 0.3 is 0 Å². The number of hydrogen-bond donors (Lipinski definition) is 1. The SMILES string of the molecule is CCCCCCCCNC1(C)CCCCC1. The Balaban J connectivity index is 1.93. The zero-order chi connectivity index (χ0) is 11.7. The van der Waals surface area contributed by atoms with Crippen LogP contribution in [-0.2, 0) is 0 Å². The van der Waals surface area contributed by atoms with Gasteiger partial charge in [0.2, 0.25) is 0 Å². The highest BCUT2D eigenvalue weighted by molar-refractivity contribution is 4.85. The Labute approximate surface area is 102 Å². The summed E-state index contributed by atoms with van der Waals surface area (Å²) in [5, 5.41) is 3.79. The number of nitrogens with one attached hydrogen (secondary N) is 1. The molecule has 96 valence electrons. The monoisotopic (exact) mass is 225 g/mol. The van der Waals surface area contributed by atoms with Crippen LogP contribution in [0.3, 0.4) is 0 Å². The van der Waals surface area contributed by atoms with Crippen LogP contribution in [0.4, 0.5) is 0 Å². The highest BCUT2D eigenvalue weighted by atomic mass is 15.0. The van der Waals surface area contributed by atoms with E-state index in [1.54, 1.807) is 0 Å². The molecule has 0 spiro atoms. The molecule has 0 aromatic heterocycles. The Morgan fingerprint density at radius 3 is 2.19 bits per heavy atom. The predicted molar refractivity (Wildman–Crippen MR) is 72.9 cm³/mol. The van der Waals surface area contributed by atoms with Crippen molar-refractivity contribution in [2.45, 2.75) is 90.0 Å². The molecule has 0 bridgehead atoms. The molecule has 0 amide bonds. The summed E-state index contributed by atoms with van der Waals surface area (Å²) in [4.78, 5) is 0. The molecule has 1 fully saturated rings. The van der Waals surface area contributed by atoms with Crippen molar-refractivity contribution >= 4 is 0 Å². The molecule has 1 aliphatic rings. The fourth-order valence-corrected chi connectivity index (χ4v) is 2.80. The molecule has 0 aliphatic heterocycles. The van der Waals surface area contributed by atoms with Gasteiger partial charge in [-0.2, -0.15) is 0 Å². The number of hydrogen-bond acceptors (Lipinski definition) is 1. The van der Waals surface area contributed by atoms with Gasteiger partial charge in [0, 0.05) is 5.54 Å². The fourth-order valence-electron chi connectivity index (χ4n) is 2.80. The Hall–Kier alpha value is -0.0400. The van der Waals surface area contributed by atoms with Crippen molar-refractivity contribution in [1.82, 2.24) is 5.32 Å². The summed E-state index contributed by atoms with van der Waals surface area (Å²) < 4.78 is 0. The van der Waals surface area contributed by atoms with Crippen LogP contribution >= 0.6 is 0 Å². The van der Waals surface area contributed by atoms with Gasteiger partial charge in [-0.15, -0.1) is 0 Å². The average molecular weight is 225 g/mol. The first-order valence-corrected chi connectivity index (χ1v) is 7.52. The number of rotatable bonds is 8. The van der Waals surface area contributed by atoms with Gasteiger partial charge in [-0.05, 0) is 32.7 Å². The first-order valence-electron chi connectivity index (χ1n) is 7.52. The van der Waals surface area contributed by atoms with Crippen LogP contribution in [0.2, 0.25) is 0 Å². The lowest BCUT2D eigenvalue weighted by Gasteiger charge is -2.34. The molecule has 1 heteroatoms. The van der Waals surface area contributed by atoms with E-state index >= 15 is 0 Å². The molecule has 0 saturated heterocycles. The summed E-state index contributed by atoms with van der Waals surface area (Å²) in [5.74, 6) is 0. The quantitative estimate of drug-likeness (QED) is 0.592. The van der Waals surface area contributed by atoms with Crippen molar-refractivity contribution < 1.29 is 0 Å². The Kier molecular flexibility index (Phi) is 7.11. The van der Waals surface area contributed by atoms with Gasteiger partial charge in [0.05, 0.1) is 0 Å². The molecule has 0 radical (unpaired) electrons. The largest absolute Gasteiger partial charge is 0.312 e. The van der Waals surface area contributed by atoms with Crippen molar-refractivity contribution in [3.05, 3.63) is 0 Å². The van der Waals surface area contributed by atoms with Gasteiger partial charge in [-0.25, -0.2) is 0 Å². The van der Waals surface area contributed by atoms with E-state index in [-0.39, 0.29) is 0 Å². The van der Waals surface area contributed by atoms with Crippen LogP contribution in [0.15, 0.2) is 0 Å². The van der Waals surface area contributed by atoms with Crippen molar-refractivity contribution in [2.24, 2.45) is 0 Å². The molecule has 0 aromatic rings. The number of unbranched alkanes of at least 4 members (excludes halogenated alkanes) is 5. The van der Waals surface area contributed by atoms with Crippen LogP contribution in [-0.4, -0.2) is 12.1 Å². The van der Waals surface area contributed by atoms with Gasteiger partial charge in [0.15, 0.2) is 0 Å². The summed E-state index contributed by atoms with van der Waals surface area (Å²) in [7, 11) is 0. The van der Waals surface area contributed by atoms with Gasteiger partial charge in [0.1, 0.15) is 0 Å². The lowest BCUT2D eigenvalue weighted by Crippen LogP contribution is -2.44. The first-order chi connectivity index (χ1) is 7.77. The second kappa shape index (κ2) is 8.11. The first kappa shape index (κ1) is 14.0.